The van der Waals surface area contributed by atoms with Crippen LogP contribution in [0.1, 0.15) is 265 Å². The Balaban J connectivity index is 4.67. The highest BCUT2D eigenvalue weighted by molar-refractivity contribution is 5.77. The van der Waals surface area contributed by atoms with Crippen molar-refractivity contribution in [2.24, 2.45) is 0 Å². The number of rotatable bonds is 47. The lowest BCUT2D eigenvalue weighted by Gasteiger charge is -2.24. The van der Waals surface area contributed by atoms with Gasteiger partial charge in [0.1, 0.15) is 6.10 Å². The molecular formula is C55H101NO5. The molecule has 61 heavy (non-hydrogen) atoms. The Morgan fingerprint density at radius 3 is 1.30 bits per heavy atom. The van der Waals surface area contributed by atoms with Crippen molar-refractivity contribution in [2.45, 2.75) is 283 Å². The summed E-state index contributed by atoms with van der Waals surface area (Å²) in [5.41, 5.74) is 0. The number of ether oxygens (including phenoxy) is 1. The number of carbonyl (C=O) groups excluding carboxylic acids is 2. The van der Waals surface area contributed by atoms with Gasteiger partial charge in [0.25, 0.3) is 0 Å². The first-order chi connectivity index (χ1) is 30.0. The largest absolute Gasteiger partial charge is 0.462 e. The number of esters is 1. The van der Waals surface area contributed by atoms with E-state index in [0.29, 0.717) is 19.3 Å². The number of aliphatic hydroxyl groups excluding tert-OH is 2. The number of hydrogen-bond acceptors (Lipinski definition) is 5. The van der Waals surface area contributed by atoms with E-state index in [9.17, 15) is 19.8 Å². The molecule has 1 amide bonds. The van der Waals surface area contributed by atoms with Crippen LogP contribution in [0.25, 0.3) is 0 Å². The maximum absolute atomic E-state index is 13.2. The zero-order valence-electron chi connectivity index (χ0n) is 40.5. The average Bonchev–Trinajstić information content (AvgIpc) is 3.25. The van der Waals surface area contributed by atoms with Crippen LogP contribution >= 0.6 is 0 Å². The first-order valence-electron chi connectivity index (χ1n) is 26.4. The van der Waals surface area contributed by atoms with Crippen LogP contribution in [-0.2, 0) is 14.3 Å². The SMILES string of the molecule is CCCCC/C=C\C/C=C\C/C=C\C/C=C\CCCC(CC(=O)NC(CO)C(O)CCCCCCCCCCCCCCC)OC(=O)CCCCCCCCCCCCCC. The number of amides is 1. The fourth-order valence-corrected chi connectivity index (χ4v) is 7.89. The van der Waals surface area contributed by atoms with Gasteiger partial charge in [-0.05, 0) is 64.2 Å². The van der Waals surface area contributed by atoms with E-state index < -0.39 is 18.2 Å². The smallest absolute Gasteiger partial charge is 0.306 e. The summed E-state index contributed by atoms with van der Waals surface area (Å²) < 4.78 is 5.91. The van der Waals surface area contributed by atoms with Gasteiger partial charge in [0.15, 0.2) is 0 Å². The number of carbonyl (C=O) groups is 2. The molecule has 3 N–H and O–H groups in total. The van der Waals surface area contributed by atoms with Crippen molar-refractivity contribution in [3.05, 3.63) is 48.6 Å². The van der Waals surface area contributed by atoms with E-state index >= 15 is 0 Å². The molecule has 0 aromatic rings. The molecule has 6 heteroatoms. The lowest BCUT2D eigenvalue weighted by Crippen LogP contribution is -2.46. The number of aliphatic hydroxyl groups is 2. The van der Waals surface area contributed by atoms with E-state index in [0.717, 1.165) is 70.6 Å². The summed E-state index contributed by atoms with van der Waals surface area (Å²) >= 11 is 0. The van der Waals surface area contributed by atoms with Crippen molar-refractivity contribution in [3.8, 4) is 0 Å². The van der Waals surface area contributed by atoms with Crippen molar-refractivity contribution in [2.75, 3.05) is 6.61 Å². The molecule has 0 fully saturated rings. The van der Waals surface area contributed by atoms with Gasteiger partial charge in [0.2, 0.25) is 5.91 Å². The van der Waals surface area contributed by atoms with E-state index in [-0.39, 0.29) is 24.9 Å². The maximum atomic E-state index is 13.2. The summed E-state index contributed by atoms with van der Waals surface area (Å²) in [6, 6.07) is -0.717. The number of hydrogen-bond donors (Lipinski definition) is 3. The molecule has 0 aromatic carbocycles. The topological polar surface area (TPSA) is 95.9 Å². The maximum Gasteiger partial charge on any atom is 0.306 e. The van der Waals surface area contributed by atoms with Crippen LogP contribution in [0.5, 0.6) is 0 Å². The van der Waals surface area contributed by atoms with Crippen LogP contribution < -0.4 is 5.32 Å². The molecule has 0 aliphatic rings. The standard InChI is InChI=1S/C55H101NO5/c1-4-7-10-13-16-19-22-25-26-27-28-30-31-34-37-40-43-46-51(61-55(60)48-45-42-39-36-33-24-21-18-15-12-9-6-3)49-54(59)56-52(50-57)53(58)47-44-41-38-35-32-29-23-20-17-14-11-8-5-2/h16,19,25-26,28,30,34,37,51-53,57-58H,4-15,17-18,20-24,27,29,31-33,35-36,38-50H2,1-3H3,(H,56,59)/b19-16-,26-25-,30-28-,37-34-. The summed E-state index contributed by atoms with van der Waals surface area (Å²) in [5.74, 6) is -0.520. The third-order valence-corrected chi connectivity index (χ3v) is 11.9. The van der Waals surface area contributed by atoms with E-state index in [1.807, 2.05) is 0 Å². The summed E-state index contributed by atoms with van der Waals surface area (Å²) in [5, 5.41) is 23.8. The monoisotopic (exact) mass is 856 g/mol. The van der Waals surface area contributed by atoms with Gasteiger partial charge in [-0.3, -0.25) is 9.59 Å². The van der Waals surface area contributed by atoms with E-state index in [2.05, 4.69) is 74.7 Å². The first kappa shape index (κ1) is 58.8. The van der Waals surface area contributed by atoms with Gasteiger partial charge in [-0.15, -0.1) is 0 Å². The second kappa shape index (κ2) is 48.8. The second-order valence-electron chi connectivity index (χ2n) is 17.9. The molecule has 0 radical (unpaired) electrons. The zero-order chi connectivity index (χ0) is 44.5. The lowest BCUT2D eigenvalue weighted by atomic mass is 10.0. The van der Waals surface area contributed by atoms with Gasteiger partial charge in [-0.2, -0.15) is 0 Å². The summed E-state index contributed by atoms with van der Waals surface area (Å²) in [7, 11) is 0. The van der Waals surface area contributed by atoms with Crippen LogP contribution in [0.4, 0.5) is 0 Å². The molecule has 0 heterocycles. The number of nitrogens with one attached hydrogen (secondary N) is 1. The fourth-order valence-electron chi connectivity index (χ4n) is 7.89. The van der Waals surface area contributed by atoms with Gasteiger partial charge in [-0.1, -0.05) is 236 Å². The van der Waals surface area contributed by atoms with Crippen LogP contribution in [-0.4, -0.2) is 46.9 Å². The normalized spacial score (nSPS) is 13.6. The third-order valence-electron chi connectivity index (χ3n) is 11.9. The molecule has 0 aromatic heterocycles. The summed E-state index contributed by atoms with van der Waals surface area (Å²) in [6.45, 7) is 6.44. The van der Waals surface area contributed by atoms with Crippen LogP contribution in [0, 0.1) is 0 Å². The zero-order valence-corrected chi connectivity index (χ0v) is 40.5. The molecule has 0 bridgehead atoms. The summed E-state index contributed by atoms with van der Waals surface area (Å²) in [4.78, 5) is 26.1. The van der Waals surface area contributed by atoms with Gasteiger partial charge >= 0.3 is 5.97 Å². The molecule has 3 unspecified atom stereocenters. The van der Waals surface area contributed by atoms with E-state index in [4.69, 9.17) is 4.74 Å². The molecule has 6 nitrogen and oxygen atoms in total. The minimum Gasteiger partial charge on any atom is -0.462 e. The fraction of sp³-hybridized carbons (Fsp3) is 0.818. The van der Waals surface area contributed by atoms with E-state index in [1.54, 1.807) is 0 Å². The molecule has 0 rings (SSSR count). The first-order valence-corrected chi connectivity index (χ1v) is 26.4. The summed E-state index contributed by atoms with van der Waals surface area (Å²) in [6.07, 6.45) is 58.8. The molecule has 0 aliphatic carbocycles. The highest BCUT2D eigenvalue weighted by Gasteiger charge is 2.24. The minimum atomic E-state index is -0.800. The Hall–Kier alpha value is -2.18. The van der Waals surface area contributed by atoms with Crippen LogP contribution in [0.2, 0.25) is 0 Å². The molecule has 0 saturated heterocycles. The van der Waals surface area contributed by atoms with Gasteiger partial charge in [0.05, 0.1) is 25.2 Å². The van der Waals surface area contributed by atoms with Crippen molar-refractivity contribution in [1.82, 2.24) is 5.32 Å². The number of unbranched alkanes of at least 4 members (excludes halogenated alkanes) is 27. The van der Waals surface area contributed by atoms with Crippen LogP contribution in [0.3, 0.4) is 0 Å². The number of allylic oxidation sites excluding steroid dienone is 8. The highest BCUT2D eigenvalue weighted by Crippen LogP contribution is 2.17. The third kappa shape index (κ3) is 44.2. The lowest BCUT2D eigenvalue weighted by molar-refractivity contribution is -0.151. The molecular weight excluding hydrogens is 755 g/mol. The second-order valence-corrected chi connectivity index (χ2v) is 17.9. The van der Waals surface area contributed by atoms with Crippen molar-refractivity contribution >= 4 is 11.9 Å². The Morgan fingerprint density at radius 1 is 0.475 bits per heavy atom. The Bertz CT molecular complexity index is 1050. The highest BCUT2D eigenvalue weighted by atomic mass is 16.5. The van der Waals surface area contributed by atoms with Gasteiger partial charge in [0, 0.05) is 6.42 Å². The van der Waals surface area contributed by atoms with E-state index in [1.165, 1.54) is 148 Å². The van der Waals surface area contributed by atoms with Crippen molar-refractivity contribution in [1.29, 1.82) is 0 Å². The average molecular weight is 856 g/mol. The molecule has 0 saturated carbocycles. The Kier molecular flexibility index (Phi) is 47.1. The van der Waals surface area contributed by atoms with Crippen molar-refractivity contribution in [3.63, 3.8) is 0 Å². The van der Waals surface area contributed by atoms with Crippen LogP contribution in [0.15, 0.2) is 48.6 Å². The van der Waals surface area contributed by atoms with Gasteiger partial charge in [-0.25, -0.2) is 0 Å². The minimum absolute atomic E-state index is 0.0424. The molecule has 0 spiro atoms. The quantitative estimate of drug-likeness (QED) is 0.0322. The van der Waals surface area contributed by atoms with Crippen molar-refractivity contribution < 1.29 is 24.5 Å². The molecule has 356 valence electrons. The predicted octanol–water partition coefficient (Wildman–Crippen LogP) is 15.8. The Labute approximate surface area is 378 Å². The Morgan fingerprint density at radius 2 is 0.852 bits per heavy atom. The molecule has 0 aliphatic heterocycles. The predicted molar refractivity (Wildman–Crippen MR) is 264 cm³/mol. The molecule has 3 atom stereocenters. The van der Waals surface area contributed by atoms with Gasteiger partial charge < -0.3 is 20.3 Å².